The molecule has 2 aliphatic rings. The highest BCUT2D eigenvalue weighted by molar-refractivity contribution is 6.29. The van der Waals surface area contributed by atoms with Crippen molar-refractivity contribution in [3.63, 3.8) is 0 Å². The van der Waals surface area contributed by atoms with Crippen LogP contribution in [-0.4, -0.2) is 43.5 Å². The van der Waals surface area contributed by atoms with Gasteiger partial charge in [-0.25, -0.2) is 4.98 Å². The molecule has 0 N–H and O–H groups in total. The lowest BCUT2D eigenvalue weighted by molar-refractivity contribution is -0.116. The second kappa shape index (κ2) is 5.03. The second-order valence-corrected chi connectivity index (χ2v) is 5.29. The molecule has 2 saturated heterocycles. The molecule has 0 aliphatic carbocycles. The summed E-state index contributed by atoms with van der Waals surface area (Å²) in [7, 11) is 0. The summed E-state index contributed by atoms with van der Waals surface area (Å²) in [6, 6.07) is 3.92. The first-order valence-electron chi connectivity index (χ1n) is 6.36. The van der Waals surface area contributed by atoms with E-state index in [9.17, 15) is 0 Å². The molecular weight excluding hydrogens is 252 g/mol. The van der Waals surface area contributed by atoms with Crippen molar-refractivity contribution >= 4 is 17.3 Å². The van der Waals surface area contributed by atoms with E-state index < -0.39 is 0 Å². The Morgan fingerprint density at radius 1 is 1.28 bits per heavy atom. The van der Waals surface area contributed by atoms with Gasteiger partial charge in [0.05, 0.1) is 12.2 Å². The van der Waals surface area contributed by atoms with E-state index in [4.69, 9.17) is 21.1 Å². The number of morpholine rings is 1. The first-order valence-corrected chi connectivity index (χ1v) is 6.73. The Kier molecular flexibility index (Phi) is 3.41. The number of hydrogen-bond donors (Lipinski definition) is 0. The fourth-order valence-electron chi connectivity index (χ4n) is 2.70. The van der Waals surface area contributed by atoms with Crippen LogP contribution in [0.3, 0.4) is 0 Å². The fraction of sp³-hybridized carbons (Fsp3) is 0.615. The van der Waals surface area contributed by atoms with Gasteiger partial charge in [0.2, 0.25) is 0 Å². The van der Waals surface area contributed by atoms with Crippen molar-refractivity contribution < 1.29 is 9.47 Å². The minimum Gasteiger partial charge on any atom is -0.381 e. The van der Waals surface area contributed by atoms with Crippen molar-refractivity contribution in [3.8, 4) is 0 Å². The predicted molar refractivity (Wildman–Crippen MR) is 70.2 cm³/mol. The SMILES string of the molecule is Clc1cc(N2CCOC3(CCOCC3)C2)ccn1. The van der Waals surface area contributed by atoms with E-state index in [-0.39, 0.29) is 5.60 Å². The maximum atomic E-state index is 6.02. The largest absolute Gasteiger partial charge is 0.381 e. The molecule has 0 radical (unpaired) electrons. The second-order valence-electron chi connectivity index (χ2n) is 4.90. The lowest BCUT2D eigenvalue weighted by Crippen LogP contribution is -2.54. The summed E-state index contributed by atoms with van der Waals surface area (Å²) in [5.74, 6) is 0. The molecule has 0 amide bonds. The van der Waals surface area contributed by atoms with Gasteiger partial charge in [-0.1, -0.05) is 11.6 Å². The Morgan fingerprint density at radius 2 is 2.11 bits per heavy atom. The Hall–Kier alpha value is -0.840. The maximum Gasteiger partial charge on any atom is 0.131 e. The Labute approximate surface area is 112 Å². The highest BCUT2D eigenvalue weighted by Crippen LogP contribution is 2.31. The standard InChI is InChI=1S/C13H17ClN2O2/c14-12-9-11(1-4-15-12)16-5-8-18-13(10-16)2-6-17-7-3-13/h1,4,9H,2-3,5-8,10H2. The van der Waals surface area contributed by atoms with E-state index in [1.807, 2.05) is 12.1 Å². The highest BCUT2D eigenvalue weighted by Gasteiger charge is 2.38. The van der Waals surface area contributed by atoms with E-state index >= 15 is 0 Å². The van der Waals surface area contributed by atoms with Crippen LogP contribution >= 0.6 is 11.6 Å². The number of pyridine rings is 1. The molecule has 3 heterocycles. The number of anilines is 1. The minimum absolute atomic E-state index is 0.0355. The van der Waals surface area contributed by atoms with E-state index in [1.54, 1.807) is 6.20 Å². The van der Waals surface area contributed by atoms with Crippen molar-refractivity contribution in [2.45, 2.75) is 18.4 Å². The zero-order valence-electron chi connectivity index (χ0n) is 10.3. The van der Waals surface area contributed by atoms with Crippen molar-refractivity contribution in [1.29, 1.82) is 0 Å². The molecule has 1 spiro atoms. The van der Waals surface area contributed by atoms with Crippen LogP contribution in [0.2, 0.25) is 5.15 Å². The molecule has 0 aromatic carbocycles. The number of rotatable bonds is 1. The molecule has 3 rings (SSSR count). The third-order valence-corrected chi connectivity index (χ3v) is 3.93. The maximum absolute atomic E-state index is 6.02. The third-order valence-electron chi connectivity index (χ3n) is 3.73. The molecule has 18 heavy (non-hydrogen) atoms. The van der Waals surface area contributed by atoms with Gasteiger partial charge in [-0.05, 0) is 12.1 Å². The first-order chi connectivity index (χ1) is 8.77. The fourth-order valence-corrected chi connectivity index (χ4v) is 2.87. The number of hydrogen-bond acceptors (Lipinski definition) is 4. The normalized spacial score (nSPS) is 23.3. The first kappa shape index (κ1) is 12.2. The van der Waals surface area contributed by atoms with Crippen LogP contribution in [0, 0.1) is 0 Å². The average molecular weight is 269 g/mol. The van der Waals surface area contributed by atoms with Gasteiger partial charge in [0.1, 0.15) is 5.15 Å². The van der Waals surface area contributed by atoms with Crippen LogP contribution in [0.4, 0.5) is 5.69 Å². The van der Waals surface area contributed by atoms with Gasteiger partial charge in [0.25, 0.3) is 0 Å². The molecule has 2 fully saturated rings. The Balaban J connectivity index is 1.77. The van der Waals surface area contributed by atoms with E-state index in [0.717, 1.165) is 51.4 Å². The molecule has 0 atom stereocenters. The van der Waals surface area contributed by atoms with Gasteiger partial charge in [-0.2, -0.15) is 0 Å². The van der Waals surface area contributed by atoms with Crippen LogP contribution in [-0.2, 0) is 9.47 Å². The molecule has 0 saturated carbocycles. The molecule has 98 valence electrons. The minimum atomic E-state index is -0.0355. The highest BCUT2D eigenvalue weighted by atomic mass is 35.5. The van der Waals surface area contributed by atoms with E-state index in [0.29, 0.717) is 5.15 Å². The van der Waals surface area contributed by atoms with Gasteiger partial charge >= 0.3 is 0 Å². The van der Waals surface area contributed by atoms with Crippen molar-refractivity contribution in [3.05, 3.63) is 23.5 Å². The molecular formula is C13H17ClN2O2. The molecule has 4 nitrogen and oxygen atoms in total. The summed E-state index contributed by atoms with van der Waals surface area (Å²) in [6.45, 7) is 4.18. The predicted octanol–water partition coefficient (Wildman–Crippen LogP) is 2.12. The molecule has 0 unspecified atom stereocenters. The van der Waals surface area contributed by atoms with Crippen molar-refractivity contribution in [1.82, 2.24) is 4.98 Å². The average Bonchev–Trinajstić information content (AvgIpc) is 2.40. The van der Waals surface area contributed by atoms with Gasteiger partial charge < -0.3 is 14.4 Å². The lowest BCUT2D eigenvalue weighted by atomic mass is 9.92. The zero-order chi connectivity index (χ0) is 12.4. The van der Waals surface area contributed by atoms with Crippen LogP contribution in [0.15, 0.2) is 18.3 Å². The van der Waals surface area contributed by atoms with Gasteiger partial charge in [-0.3, -0.25) is 0 Å². The molecule has 1 aromatic rings. The summed E-state index contributed by atoms with van der Waals surface area (Å²) in [5.41, 5.74) is 1.09. The summed E-state index contributed by atoms with van der Waals surface area (Å²) >= 11 is 5.95. The Morgan fingerprint density at radius 3 is 2.89 bits per heavy atom. The smallest absolute Gasteiger partial charge is 0.131 e. The molecule has 1 aromatic heterocycles. The quantitative estimate of drug-likeness (QED) is 0.731. The molecule has 5 heteroatoms. The van der Waals surface area contributed by atoms with Crippen LogP contribution in [0.5, 0.6) is 0 Å². The van der Waals surface area contributed by atoms with Gasteiger partial charge in [0, 0.05) is 51.0 Å². The summed E-state index contributed by atoms with van der Waals surface area (Å²) in [5, 5.41) is 0.542. The molecule has 2 aliphatic heterocycles. The molecule has 0 bridgehead atoms. The summed E-state index contributed by atoms with van der Waals surface area (Å²) in [4.78, 5) is 6.36. The van der Waals surface area contributed by atoms with Gasteiger partial charge in [0.15, 0.2) is 0 Å². The van der Waals surface area contributed by atoms with Crippen LogP contribution in [0.25, 0.3) is 0 Å². The zero-order valence-corrected chi connectivity index (χ0v) is 11.0. The third kappa shape index (κ3) is 2.46. The summed E-state index contributed by atoms with van der Waals surface area (Å²) in [6.07, 6.45) is 3.70. The van der Waals surface area contributed by atoms with Crippen LogP contribution < -0.4 is 4.90 Å². The van der Waals surface area contributed by atoms with Crippen molar-refractivity contribution in [2.75, 3.05) is 37.8 Å². The van der Waals surface area contributed by atoms with E-state index in [2.05, 4.69) is 9.88 Å². The summed E-state index contributed by atoms with van der Waals surface area (Å²) < 4.78 is 11.4. The van der Waals surface area contributed by atoms with Crippen molar-refractivity contribution in [2.24, 2.45) is 0 Å². The topological polar surface area (TPSA) is 34.6 Å². The number of aromatic nitrogens is 1. The number of nitrogens with zero attached hydrogens (tertiary/aromatic N) is 2. The number of halogens is 1. The van der Waals surface area contributed by atoms with Crippen LogP contribution in [0.1, 0.15) is 12.8 Å². The monoisotopic (exact) mass is 268 g/mol. The Bertz CT molecular complexity index is 416. The lowest BCUT2D eigenvalue weighted by Gasteiger charge is -2.45. The number of ether oxygens (including phenoxy) is 2. The van der Waals surface area contributed by atoms with E-state index in [1.165, 1.54) is 0 Å². The van der Waals surface area contributed by atoms with Gasteiger partial charge in [-0.15, -0.1) is 0 Å².